The highest BCUT2D eigenvalue weighted by atomic mass is 79.9. The lowest BCUT2D eigenvalue weighted by atomic mass is 10.1. The van der Waals surface area contributed by atoms with Crippen LogP contribution in [0.5, 0.6) is 0 Å². The minimum absolute atomic E-state index is 0.0678. The second kappa shape index (κ2) is 5.61. The van der Waals surface area contributed by atoms with Gasteiger partial charge in [-0.05, 0) is 40.0 Å². The van der Waals surface area contributed by atoms with Crippen LogP contribution < -0.4 is 0 Å². The fourth-order valence-corrected chi connectivity index (χ4v) is 2.33. The van der Waals surface area contributed by atoms with E-state index in [1.54, 1.807) is 6.07 Å². The molecule has 1 heterocycles. The summed E-state index contributed by atoms with van der Waals surface area (Å²) in [5.41, 5.74) is 0.896. The molecule has 0 aliphatic carbocycles. The lowest BCUT2D eigenvalue weighted by Crippen LogP contribution is -2.40. The van der Waals surface area contributed by atoms with Crippen molar-refractivity contribution in [3.8, 4) is 0 Å². The number of likely N-dealkylation sites (tertiary alicyclic amines) is 1. The van der Waals surface area contributed by atoms with Gasteiger partial charge in [0.05, 0.1) is 4.47 Å². The average molecular weight is 322 g/mol. The van der Waals surface area contributed by atoms with Crippen LogP contribution in [0.2, 0.25) is 0 Å². The zero-order valence-electron chi connectivity index (χ0n) is 9.93. The predicted molar refractivity (Wildman–Crippen MR) is 68.4 cm³/mol. The molecular formula is C13H15BrF3N. The van der Waals surface area contributed by atoms with E-state index in [1.807, 2.05) is 11.0 Å². The van der Waals surface area contributed by atoms with Gasteiger partial charge in [0.15, 0.2) is 0 Å². The first-order chi connectivity index (χ1) is 8.46. The smallest absolute Gasteiger partial charge is 0.250 e. The molecule has 1 saturated heterocycles. The molecule has 100 valence electrons. The van der Waals surface area contributed by atoms with Crippen molar-refractivity contribution in [3.63, 3.8) is 0 Å². The fraction of sp³-hybridized carbons (Fsp3) is 0.538. The van der Waals surface area contributed by atoms with Crippen LogP contribution in [-0.4, -0.2) is 30.5 Å². The van der Waals surface area contributed by atoms with Crippen LogP contribution in [0.25, 0.3) is 0 Å². The van der Waals surface area contributed by atoms with E-state index in [0.29, 0.717) is 30.5 Å². The van der Waals surface area contributed by atoms with Crippen LogP contribution in [0.4, 0.5) is 13.2 Å². The van der Waals surface area contributed by atoms with E-state index in [9.17, 15) is 13.2 Å². The van der Waals surface area contributed by atoms with E-state index in [1.165, 1.54) is 6.07 Å². The third-order valence-electron chi connectivity index (χ3n) is 3.29. The first-order valence-corrected chi connectivity index (χ1v) is 6.80. The molecule has 0 N–H and O–H groups in total. The number of benzene rings is 1. The van der Waals surface area contributed by atoms with Gasteiger partial charge in [-0.1, -0.05) is 6.07 Å². The van der Waals surface area contributed by atoms with Crippen LogP contribution in [-0.2, 0) is 6.42 Å². The average Bonchev–Trinajstić information content (AvgIpc) is 2.32. The molecule has 0 aromatic heterocycles. The van der Waals surface area contributed by atoms with Crippen LogP contribution in [0.1, 0.15) is 18.4 Å². The Kier molecular flexibility index (Phi) is 4.33. The topological polar surface area (TPSA) is 3.24 Å². The molecule has 5 heteroatoms. The Labute approximate surface area is 113 Å². The largest absolute Gasteiger partial charge is 0.303 e. The Morgan fingerprint density at radius 1 is 1.22 bits per heavy atom. The second-order valence-electron chi connectivity index (χ2n) is 4.70. The van der Waals surface area contributed by atoms with Crippen molar-refractivity contribution >= 4 is 15.9 Å². The molecule has 0 saturated carbocycles. The summed E-state index contributed by atoms with van der Waals surface area (Å²) in [6.07, 6.45) is 0.555. The Bertz CT molecular complexity index is 413. The number of rotatable bonds is 3. The normalized spacial score (nSPS) is 20.0. The first-order valence-electron chi connectivity index (χ1n) is 6.00. The minimum Gasteiger partial charge on any atom is -0.303 e. The van der Waals surface area contributed by atoms with Crippen LogP contribution in [0.15, 0.2) is 22.7 Å². The first kappa shape index (κ1) is 13.9. The summed E-state index contributed by atoms with van der Waals surface area (Å²) in [6, 6.07) is 5.02. The number of nitrogens with zero attached hydrogens (tertiary/aromatic N) is 1. The number of halogens is 4. The summed E-state index contributed by atoms with van der Waals surface area (Å²) in [7, 11) is 0. The van der Waals surface area contributed by atoms with Crippen LogP contribution in [0.3, 0.4) is 0 Å². The molecule has 0 bridgehead atoms. The summed E-state index contributed by atoms with van der Waals surface area (Å²) in [5, 5.41) is 0. The highest BCUT2D eigenvalue weighted by molar-refractivity contribution is 9.10. The number of alkyl halides is 2. The molecule has 18 heavy (non-hydrogen) atoms. The quantitative estimate of drug-likeness (QED) is 0.817. The van der Waals surface area contributed by atoms with Gasteiger partial charge in [-0.3, -0.25) is 0 Å². The van der Waals surface area contributed by atoms with Gasteiger partial charge >= 0.3 is 0 Å². The Morgan fingerprint density at radius 2 is 1.89 bits per heavy atom. The number of piperidine rings is 1. The van der Waals surface area contributed by atoms with Gasteiger partial charge in [0, 0.05) is 32.5 Å². The predicted octanol–water partition coefficient (Wildman–Crippen LogP) is 3.86. The Hall–Kier alpha value is -0.550. The summed E-state index contributed by atoms with van der Waals surface area (Å²) < 4.78 is 39.6. The van der Waals surface area contributed by atoms with Crippen molar-refractivity contribution in [3.05, 3.63) is 34.1 Å². The fourth-order valence-electron chi connectivity index (χ4n) is 2.09. The van der Waals surface area contributed by atoms with E-state index in [4.69, 9.17) is 0 Å². The number of hydrogen-bond donors (Lipinski definition) is 0. The maximum absolute atomic E-state index is 13.3. The summed E-state index contributed by atoms with van der Waals surface area (Å²) in [6.45, 7) is 1.55. The van der Waals surface area contributed by atoms with Crippen molar-refractivity contribution < 1.29 is 13.2 Å². The minimum atomic E-state index is -2.50. The van der Waals surface area contributed by atoms with Crippen molar-refractivity contribution in [2.24, 2.45) is 0 Å². The molecule has 1 aliphatic heterocycles. The highest BCUT2D eigenvalue weighted by Crippen LogP contribution is 2.27. The molecule has 0 unspecified atom stereocenters. The van der Waals surface area contributed by atoms with Gasteiger partial charge < -0.3 is 4.90 Å². The molecular weight excluding hydrogens is 307 g/mol. The maximum atomic E-state index is 13.3. The van der Waals surface area contributed by atoms with Crippen molar-refractivity contribution in [2.75, 3.05) is 19.6 Å². The standard InChI is InChI=1S/C13H15BrF3N/c14-11-2-1-10(9-12(11)15)3-6-18-7-4-13(16,17)5-8-18/h1-2,9H,3-8H2. The van der Waals surface area contributed by atoms with Crippen molar-refractivity contribution in [2.45, 2.75) is 25.2 Å². The van der Waals surface area contributed by atoms with E-state index in [2.05, 4.69) is 15.9 Å². The van der Waals surface area contributed by atoms with Gasteiger partial charge in [0.25, 0.3) is 5.92 Å². The van der Waals surface area contributed by atoms with E-state index in [-0.39, 0.29) is 18.7 Å². The number of hydrogen-bond acceptors (Lipinski definition) is 1. The van der Waals surface area contributed by atoms with Crippen molar-refractivity contribution in [1.29, 1.82) is 0 Å². The monoisotopic (exact) mass is 321 g/mol. The summed E-state index contributed by atoms with van der Waals surface area (Å²) >= 11 is 3.10. The van der Waals surface area contributed by atoms with E-state index >= 15 is 0 Å². The molecule has 0 radical (unpaired) electrons. The lowest BCUT2D eigenvalue weighted by Gasteiger charge is -2.31. The summed E-state index contributed by atoms with van der Waals surface area (Å²) in [5.74, 6) is -2.78. The van der Waals surface area contributed by atoms with Gasteiger partial charge in [-0.25, -0.2) is 13.2 Å². The van der Waals surface area contributed by atoms with Gasteiger partial charge in [0.2, 0.25) is 0 Å². The zero-order chi connectivity index (χ0) is 13.2. The maximum Gasteiger partial charge on any atom is 0.250 e. The second-order valence-corrected chi connectivity index (χ2v) is 5.55. The van der Waals surface area contributed by atoms with E-state index < -0.39 is 5.92 Å². The van der Waals surface area contributed by atoms with Gasteiger partial charge in [-0.2, -0.15) is 0 Å². The molecule has 0 amide bonds. The Balaban J connectivity index is 1.83. The zero-order valence-corrected chi connectivity index (χ0v) is 11.5. The molecule has 2 rings (SSSR count). The SMILES string of the molecule is Fc1cc(CCN2CCC(F)(F)CC2)ccc1Br. The third kappa shape index (κ3) is 3.72. The third-order valence-corrected chi connectivity index (χ3v) is 3.93. The van der Waals surface area contributed by atoms with Crippen molar-refractivity contribution in [1.82, 2.24) is 4.90 Å². The highest BCUT2D eigenvalue weighted by Gasteiger charge is 2.33. The van der Waals surface area contributed by atoms with E-state index in [0.717, 1.165) is 5.56 Å². The molecule has 1 aromatic carbocycles. The molecule has 1 aromatic rings. The van der Waals surface area contributed by atoms with Gasteiger partial charge in [-0.15, -0.1) is 0 Å². The van der Waals surface area contributed by atoms with Gasteiger partial charge in [0.1, 0.15) is 5.82 Å². The Morgan fingerprint density at radius 3 is 2.50 bits per heavy atom. The lowest BCUT2D eigenvalue weighted by molar-refractivity contribution is -0.0548. The molecule has 1 fully saturated rings. The molecule has 0 spiro atoms. The molecule has 1 aliphatic rings. The molecule has 0 atom stereocenters. The molecule has 1 nitrogen and oxygen atoms in total. The summed E-state index contributed by atoms with van der Waals surface area (Å²) in [4.78, 5) is 2.01. The van der Waals surface area contributed by atoms with Crippen LogP contribution in [0, 0.1) is 5.82 Å². The van der Waals surface area contributed by atoms with Crippen LogP contribution >= 0.6 is 15.9 Å².